The minimum Gasteiger partial charge on any atom is -0.632 e. The first-order valence-electron chi connectivity index (χ1n) is 0.678. The largest absolute Gasteiger partial charge is 0.632 e. The summed E-state index contributed by atoms with van der Waals surface area (Å²) in [7, 11) is 0. The molecule has 0 saturated carbocycles. The van der Waals surface area contributed by atoms with Gasteiger partial charge in [-0.15, -0.1) is 0 Å². The number of amides is 1. The molecule has 0 aliphatic rings. The molecule has 0 aromatic carbocycles. The van der Waals surface area contributed by atoms with E-state index in [-0.39, 0.29) is 21.1 Å². The molecule has 0 spiro atoms. The molecule has 1 amide bonds. The fraction of sp³-hybridized carbons (Fsp3) is 0. The average Bonchev–Trinajstić information content (AvgIpc) is 0.811. The van der Waals surface area contributed by atoms with Crippen LogP contribution >= 0.6 is 0 Å². The van der Waals surface area contributed by atoms with E-state index in [4.69, 9.17) is 15.6 Å². The molecule has 0 saturated heterocycles. The van der Waals surface area contributed by atoms with Gasteiger partial charge in [0, 0.05) is 21.1 Å². The number of rotatable bonds is 0. The maximum absolute atomic E-state index is 8.67. The molecule has 0 rings (SSSR count). The SMILES string of the molecule is [Mo].[NH-]C(=O)O. The van der Waals surface area contributed by atoms with Gasteiger partial charge in [-0.2, -0.15) is 0 Å². The van der Waals surface area contributed by atoms with Crippen molar-refractivity contribution in [3.63, 3.8) is 0 Å². The number of nitrogens with one attached hydrogen (secondary N) is 1. The van der Waals surface area contributed by atoms with Crippen LogP contribution in [0.25, 0.3) is 5.73 Å². The van der Waals surface area contributed by atoms with Crippen molar-refractivity contribution in [1.29, 1.82) is 0 Å². The zero-order valence-electron chi connectivity index (χ0n) is 2.26. The first-order chi connectivity index (χ1) is 1.73. The van der Waals surface area contributed by atoms with Gasteiger partial charge in [-0.05, 0) is 0 Å². The smallest absolute Gasteiger partial charge is 0.224 e. The third kappa shape index (κ3) is 8730. The standard InChI is InChI=1S/CH2NO2.Mo/c2-1(3)4;/h2H,(H,3,4);/q-1;. The van der Waals surface area contributed by atoms with E-state index in [1.165, 1.54) is 0 Å². The Bertz CT molecular complexity index is 32.6. The van der Waals surface area contributed by atoms with E-state index in [9.17, 15) is 0 Å². The molecule has 0 aliphatic heterocycles. The Labute approximate surface area is 43.4 Å². The second kappa shape index (κ2) is 3.96. The minimum absolute atomic E-state index is 0. The quantitative estimate of drug-likeness (QED) is 0.525. The van der Waals surface area contributed by atoms with Crippen LogP contribution in [0.5, 0.6) is 0 Å². The summed E-state index contributed by atoms with van der Waals surface area (Å²) in [5.41, 5.74) is 5.50. The van der Waals surface area contributed by atoms with Crippen LogP contribution in [0, 0.1) is 0 Å². The van der Waals surface area contributed by atoms with Gasteiger partial charge in [-0.25, -0.2) is 0 Å². The van der Waals surface area contributed by atoms with Crippen molar-refractivity contribution in [2.45, 2.75) is 0 Å². The second-order valence-corrected chi connectivity index (χ2v) is 0.305. The van der Waals surface area contributed by atoms with Crippen molar-refractivity contribution in [2.75, 3.05) is 0 Å². The monoisotopic (exact) mass is 158 g/mol. The molecule has 30 valence electrons. The van der Waals surface area contributed by atoms with E-state index in [1.807, 2.05) is 0 Å². The second-order valence-electron chi connectivity index (χ2n) is 0.305. The normalized spacial score (nSPS) is 4.80. The first kappa shape index (κ1) is 8.88. The summed E-state index contributed by atoms with van der Waals surface area (Å²) in [5.74, 6) is 0. The summed E-state index contributed by atoms with van der Waals surface area (Å²) in [6.07, 6.45) is -1.58. The van der Waals surface area contributed by atoms with Crippen molar-refractivity contribution in [2.24, 2.45) is 0 Å². The van der Waals surface area contributed by atoms with Crippen molar-refractivity contribution in [3.8, 4) is 0 Å². The van der Waals surface area contributed by atoms with Crippen LogP contribution in [0.1, 0.15) is 0 Å². The Hall–Kier alpha value is -0.0417. The Balaban J connectivity index is 0. The zero-order valence-corrected chi connectivity index (χ0v) is 4.27. The van der Waals surface area contributed by atoms with E-state index >= 15 is 0 Å². The summed E-state index contributed by atoms with van der Waals surface area (Å²) in [6, 6.07) is 0. The molecule has 0 fully saturated rings. The van der Waals surface area contributed by atoms with E-state index in [0.717, 1.165) is 0 Å². The fourth-order valence-electron chi connectivity index (χ4n) is 0. The number of carbonyl (C=O) groups is 1. The molecule has 5 heavy (non-hydrogen) atoms. The van der Waals surface area contributed by atoms with Crippen LogP contribution in [0.15, 0.2) is 0 Å². The number of carboxylic acid groups (broad SMARTS) is 1. The van der Waals surface area contributed by atoms with Crippen LogP contribution in [-0.4, -0.2) is 11.2 Å². The molecular weight excluding hydrogens is 154 g/mol. The Morgan fingerprint density at radius 2 is 1.80 bits per heavy atom. The van der Waals surface area contributed by atoms with Gasteiger partial charge in [0.15, 0.2) is 0 Å². The van der Waals surface area contributed by atoms with Gasteiger partial charge in [0.25, 0.3) is 0 Å². The molecule has 3 nitrogen and oxygen atoms in total. The van der Waals surface area contributed by atoms with E-state index in [0.29, 0.717) is 0 Å². The van der Waals surface area contributed by atoms with E-state index in [1.54, 1.807) is 0 Å². The van der Waals surface area contributed by atoms with E-state index in [2.05, 4.69) is 0 Å². The van der Waals surface area contributed by atoms with Gasteiger partial charge in [-0.3, -0.25) is 4.79 Å². The van der Waals surface area contributed by atoms with Gasteiger partial charge in [-0.1, -0.05) is 0 Å². The maximum Gasteiger partial charge on any atom is 0.224 e. The predicted molar refractivity (Wildman–Crippen MR) is 12.3 cm³/mol. The van der Waals surface area contributed by atoms with Gasteiger partial charge < -0.3 is 10.8 Å². The first-order valence-corrected chi connectivity index (χ1v) is 0.678. The van der Waals surface area contributed by atoms with Gasteiger partial charge in [0.05, 0.1) is 0 Å². The molecule has 4 heteroatoms. The van der Waals surface area contributed by atoms with E-state index < -0.39 is 6.09 Å². The van der Waals surface area contributed by atoms with Crippen molar-refractivity contribution in [1.82, 2.24) is 0 Å². The predicted octanol–water partition coefficient (Wildman–Crippen LogP) is 0.714. The molecule has 0 unspecified atom stereocenters. The third-order valence-electron chi connectivity index (χ3n) is 0. The Morgan fingerprint density at radius 3 is 1.80 bits per heavy atom. The average molecular weight is 156 g/mol. The van der Waals surface area contributed by atoms with Crippen LogP contribution in [0.3, 0.4) is 0 Å². The molecule has 2 N–H and O–H groups in total. The summed E-state index contributed by atoms with van der Waals surface area (Å²) in [6.45, 7) is 0. The van der Waals surface area contributed by atoms with Crippen molar-refractivity contribution >= 4 is 6.09 Å². The van der Waals surface area contributed by atoms with Gasteiger partial charge in [0.2, 0.25) is 6.09 Å². The Morgan fingerprint density at radius 1 is 1.80 bits per heavy atom. The summed E-state index contributed by atoms with van der Waals surface area (Å²) in [5, 5.41) is 7.08. The van der Waals surface area contributed by atoms with Crippen LogP contribution in [-0.2, 0) is 21.1 Å². The molecular formula is CH2MoNO2-. The van der Waals surface area contributed by atoms with Crippen LogP contribution in [0.2, 0.25) is 0 Å². The molecule has 0 aromatic heterocycles. The fourth-order valence-corrected chi connectivity index (χ4v) is 0. The Kier molecular flexibility index (Phi) is 7.03. The van der Waals surface area contributed by atoms with Crippen LogP contribution < -0.4 is 0 Å². The third-order valence-corrected chi connectivity index (χ3v) is 0. The number of hydrogen-bond acceptors (Lipinski definition) is 1. The molecule has 0 bridgehead atoms. The minimum atomic E-state index is -1.58. The van der Waals surface area contributed by atoms with Gasteiger partial charge in [0.1, 0.15) is 0 Å². The maximum atomic E-state index is 8.67. The number of hydrogen-bond donors (Lipinski definition) is 1. The zero-order chi connectivity index (χ0) is 3.58. The van der Waals surface area contributed by atoms with Crippen LogP contribution in [0.4, 0.5) is 4.79 Å². The van der Waals surface area contributed by atoms with Gasteiger partial charge >= 0.3 is 0 Å². The summed E-state index contributed by atoms with van der Waals surface area (Å²) < 4.78 is 0. The molecule has 0 atom stereocenters. The topological polar surface area (TPSA) is 61.1 Å². The molecule has 0 aromatic rings. The summed E-state index contributed by atoms with van der Waals surface area (Å²) >= 11 is 0. The van der Waals surface area contributed by atoms with Crippen molar-refractivity contribution < 1.29 is 31.0 Å². The summed E-state index contributed by atoms with van der Waals surface area (Å²) in [4.78, 5) is 8.67. The molecule has 0 aliphatic carbocycles. The van der Waals surface area contributed by atoms with Crippen molar-refractivity contribution in [3.05, 3.63) is 5.73 Å². The molecule has 0 radical (unpaired) electrons. The molecule has 0 heterocycles.